The van der Waals surface area contributed by atoms with Crippen molar-refractivity contribution in [3.8, 4) is 0 Å². The molecule has 1 aromatic heterocycles. The van der Waals surface area contributed by atoms with E-state index in [0.717, 1.165) is 17.8 Å². The fourth-order valence-corrected chi connectivity index (χ4v) is 4.50. The van der Waals surface area contributed by atoms with E-state index in [1.165, 1.54) is 6.20 Å². The number of hydrogen-bond donors (Lipinski definition) is 1. The van der Waals surface area contributed by atoms with Crippen molar-refractivity contribution >= 4 is 27.1 Å². The first-order valence-corrected chi connectivity index (χ1v) is 7.51. The molecule has 0 radical (unpaired) electrons. The predicted octanol–water partition coefficient (Wildman–Crippen LogP) is 1.13. The Labute approximate surface area is 97.1 Å². The van der Waals surface area contributed by atoms with Gasteiger partial charge in [-0.2, -0.15) is 0 Å². The van der Waals surface area contributed by atoms with Crippen LogP contribution in [0.25, 0.3) is 0 Å². The third kappa shape index (κ3) is 2.41. The minimum atomic E-state index is -2.97. The highest BCUT2D eigenvalue weighted by Gasteiger charge is 2.28. The molecule has 0 aromatic carbocycles. The van der Waals surface area contributed by atoms with E-state index in [2.05, 4.69) is 4.98 Å². The second kappa shape index (κ2) is 4.14. The number of hydrogen-bond acceptors (Lipinski definition) is 5. The standard InChI is InChI=1S/C9H11NO4S2/c11-9(12)7-4-10-8(15-7)6-2-1-3-16(13,14)5-6/h4,6H,1-3,5H2,(H,11,12). The van der Waals surface area contributed by atoms with E-state index in [4.69, 9.17) is 5.11 Å². The minimum absolute atomic E-state index is 0.0968. The molecule has 1 N–H and O–H groups in total. The van der Waals surface area contributed by atoms with Gasteiger partial charge in [-0.05, 0) is 12.8 Å². The molecule has 0 bridgehead atoms. The van der Waals surface area contributed by atoms with Gasteiger partial charge in [0.1, 0.15) is 4.88 Å². The Morgan fingerprint density at radius 3 is 2.88 bits per heavy atom. The van der Waals surface area contributed by atoms with Crippen LogP contribution in [0.2, 0.25) is 0 Å². The summed E-state index contributed by atoms with van der Waals surface area (Å²) < 4.78 is 22.9. The summed E-state index contributed by atoms with van der Waals surface area (Å²) in [5.74, 6) is -0.806. The van der Waals surface area contributed by atoms with Gasteiger partial charge in [-0.3, -0.25) is 0 Å². The SMILES string of the molecule is O=C(O)c1cnc(C2CCCS(=O)(=O)C2)s1. The molecular weight excluding hydrogens is 250 g/mol. The summed E-state index contributed by atoms with van der Waals surface area (Å²) in [6.45, 7) is 0. The third-order valence-corrected chi connectivity index (χ3v) is 5.52. The molecule has 1 atom stereocenters. The molecule has 0 amide bonds. The van der Waals surface area contributed by atoms with E-state index in [-0.39, 0.29) is 22.3 Å². The van der Waals surface area contributed by atoms with Crippen LogP contribution in [0.15, 0.2) is 6.20 Å². The van der Waals surface area contributed by atoms with Crippen molar-refractivity contribution in [3.05, 3.63) is 16.1 Å². The number of aromatic nitrogens is 1. The predicted molar refractivity (Wildman–Crippen MR) is 59.7 cm³/mol. The van der Waals surface area contributed by atoms with Crippen LogP contribution in [0.5, 0.6) is 0 Å². The molecule has 7 heteroatoms. The maximum absolute atomic E-state index is 11.4. The van der Waals surface area contributed by atoms with Crippen molar-refractivity contribution in [2.45, 2.75) is 18.8 Å². The summed E-state index contributed by atoms with van der Waals surface area (Å²) in [6, 6.07) is 0. The number of sulfone groups is 1. The topological polar surface area (TPSA) is 84.3 Å². The molecular formula is C9H11NO4S2. The molecule has 16 heavy (non-hydrogen) atoms. The molecule has 2 heterocycles. The van der Waals surface area contributed by atoms with Gasteiger partial charge in [0.15, 0.2) is 9.84 Å². The molecule has 2 rings (SSSR count). The molecule has 1 aliphatic heterocycles. The Morgan fingerprint density at radius 2 is 2.31 bits per heavy atom. The van der Waals surface area contributed by atoms with Crippen LogP contribution < -0.4 is 0 Å². The van der Waals surface area contributed by atoms with Gasteiger partial charge in [0.25, 0.3) is 0 Å². The fraction of sp³-hybridized carbons (Fsp3) is 0.556. The molecule has 0 spiro atoms. The summed E-state index contributed by atoms with van der Waals surface area (Å²) in [5, 5.41) is 9.38. The monoisotopic (exact) mass is 261 g/mol. The maximum Gasteiger partial charge on any atom is 0.347 e. The molecule has 0 saturated carbocycles. The number of carboxylic acid groups (broad SMARTS) is 1. The van der Waals surface area contributed by atoms with Crippen molar-refractivity contribution in [2.75, 3.05) is 11.5 Å². The lowest BCUT2D eigenvalue weighted by Crippen LogP contribution is -2.23. The van der Waals surface area contributed by atoms with Gasteiger partial charge in [-0.15, -0.1) is 11.3 Å². The fourth-order valence-electron chi connectivity index (χ4n) is 1.79. The molecule has 1 saturated heterocycles. The Balaban J connectivity index is 2.20. The second-order valence-electron chi connectivity index (χ2n) is 3.82. The van der Waals surface area contributed by atoms with Crippen LogP contribution >= 0.6 is 11.3 Å². The Morgan fingerprint density at radius 1 is 1.56 bits per heavy atom. The van der Waals surface area contributed by atoms with Crippen LogP contribution in [-0.2, 0) is 9.84 Å². The van der Waals surface area contributed by atoms with Gasteiger partial charge < -0.3 is 5.11 Å². The Hall–Kier alpha value is -0.950. The van der Waals surface area contributed by atoms with E-state index in [1.807, 2.05) is 0 Å². The van der Waals surface area contributed by atoms with Crippen molar-refractivity contribution in [3.63, 3.8) is 0 Å². The highest BCUT2D eigenvalue weighted by molar-refractivity contribution is 7.91. The largest absolute Gasteiger partial charge is 0.477 e. The smallest absolute Gasteiger partial charge is 0.347 e. The van der Waals surface area contributed by atoms with Gasteiger partial charge in [-0.1, -0.05) is 0 Å². The summed E-state index contributed by atoms with van der Waals surface area (Å²) in [7, 11) is -2.97. The number of carbonyl (C=O) groups is 1. The maximum atomic E-state index is 11.4. The van der Waals surface area contributed by atoms with Crippen LogP contribution in [0.1, 0.15) is 33.4 Å². The lowest BCUT2D eigenvalue weighted by Gasteiger charge is -2.19. The average Bonchev–Trinajstić information content (AvgIpc) is 2.64. The molecule has 1 unspecified atom stereocenters. The molecule has 1 aliphatic rings. The van der Waals surface area contributed by atoms with Crippen LogP contribution in [0.4, 0.5) is 0 Å². The van der Waals surface area contributed by atoms with E-state index >= 15 is 0 Å². The summed E-state index contributed by atoms with van der Waals surface area (Å²) in [4.78, 5) is 14.8. The van der Waals surface area contributed by atoms with Gasteiger partial charge in [0.2, 0.25) is 0 Å². The summed E-state index contributed by atoms with van der Waals surface area (Å²) >= 11 is 1.07. The number of carboxylic acids is 1. The highest BCUT2D eigenvalue weighted by Crippen LogP contribution is 2.30. The van der Waals surface area contributed by atoms with E-state index in [0.29, 0.717) is 11.4 Å². The van der Waals surface area contributed by atoms with E-state index in [9.17, 15) is 13.2 Å². The van der Waals surface area contributed by atoms with Crippen molar-refractivity contribution in [2.24, 2.45) is 0 Å². The van der Waals surface area contributed by atoms with Gasteiger partial charge >= 0.3 is 5.97 Å². The number of aromatic carboxylic acids is 1. The lowest BCUT2D eigenvalue weighted by atomic mass is 10.1. The first kappa shape index (κ1) is 11.5. The van der Waals surface area contributed by atoms with Crippen molar-refractivity contribution in [1.29, 1.82) is 0 Å². The van der Waals surface area contributed by atoms with Crippen LogP contribution in [0.3, 0.4) is 0 Å². The number of rotatable bonds is 2. The molecule has 1 aromatic rings. The van der Waals surface area contributed by atoms with Crippen LogP contribution in [-0.4, -0.2) is 36.0 Å². The summed E-state index contributed by atoms with van der Waals surface area (Å²) in [5.41, 5.74) is 0. The van der Waals surface area contributed by atoms with Gasteiger partial charge in [0, 0.05) is 5.92 Å². The van der Waals surface area contributed by atoms with Crippen LogP contribution in [0, 0.1) is 0 Å². The zero-order valence-corrected chi connectivity index (χ0v) is 10.1. The molecule has 1 fully saturated rings. The van der Waals surface area contributed by atoms with Crippen molar-refractivity contribution < 1.29 is 18.3 Å². The first-order valence-electron chi connectivity index (χ1n) is 4.87. The average molecular weight is 261 g/mol. The summed E-state index contributed by atoms with van der Waals surface area (Å²) in [6.07, 6.45) is 2.70. The van der Waals surface area contributed by atoms with E-state index in [1.54, 1.807) is 0 Å². The van der Waals surface area contributed by atoms with Crippen molar-refractivity contribution in [1.82, 2.24) is 4.98 Å². The second-order valence-corrected chi connectivity index (χ2v) is 7.11. The van der Waals surface area contributed by atoms with E-state index < -0.39 is 15.8 Å². The highest BCUT2D eigenvalue weighted by atomic mass is 32.2. The zero-order valence-electron chi connectivity index (χ0n) is 8.42. The first-order chi connectivity index (χ1) is 7.48. The lowest BCUT2D eigenvalue weighted by molar-refractivity contribution is 0.0702. The number of thiazole rings is 1. The van der Waals surface area contributed by atoms with Gasteiger partial charge in [0.05, 0.1) is 22.7 Å². The van der Waals surface area contributed by atoms with Gasteiger partial charge in [-0.25, -0.2) is 18.2 Å². The minimum Gasteiger partial charge on any atom is -0.477 e. The molecule has 5 nitrogen and oxygen atoms in total. The third-order valence-electron chi connectivity index (χ3n) is 2.55. The Kier molecular flexibility index (Phi) is 2.98. The normalized spacial score (nSPS) is 24.1. The number of nitrogens with zero attached hydrogens (tertiary/aromatic N) is 1. The Bertz CT molecular complexity index is 505. The quantitative estimate of drug-likeness (QED) is 0.862. The molecule has 88 valence electrons. The zero-order chi connectivity index (χ0) is 11.8. The molecule has 0 aliphatic carbocycles.